The van der Waals surface area contributed by atoms with E-state index in [1.165, 1.54) is 5.56 Å². The van der Waals surface area contributed by atoms with Crippen LogP contribution in [0, 0.1) is 0 Å². The summed E-state index contributed by atoms with van der Waals surface area (Å²) < 4.78 is 12.4. The molecule has 0 saturated carbocycles. The van der Waals surface area contributed by atoms with E-state index < -0.39 is 14.6 Å². The van der Waals surface area contributed by atoms with E-state index in [0.29, 0.717) is 12.7 Å². The highest BCUT2D eigenvalue weighted by atomic mass is 35.8. The Kier molecular flexibility index (Phi) is 7.50. The van der Waals surface area contributed by atoms with Crippen molar-refractivity contribution in [2.45, 2.75) is 44.5 Å². The Hall–Kier alpha value is 0.244. The van der Waals surface area contributed by atoms with Crippen LogP contribution in [0.2, 0.25) is 18.6 Å². The second kappa shape index (κ2) is 8.76. The van der Waals surface area contributed by atoms with E-state index in [2.05, 4.69) is 43.7 Å². The van der Waals surface area contributed by atoms with Gasteiger partial charge < -0.3 is 13.8 Å². The smallest absolute Gasteiger partial charge is 0.395 e. The van der Waals surface area contributed by atoms with Crippen LogP contribution in [-0.2, 0) is 17.5 Å². The van der Waals surface area contributed by atoms with E-state index in [0.717, 1.165) is 43.2 Å². The van der Waals surface area contributed by atoms with Crippen molar-refractivity contribution in [2.24, 2.45) is 0 Å². The fourth-order valence-electron chi connectivity index (χ4n) is 2.83. The normalized spacial score (nSPS) is 20.8. The van der Waals surface area contributed by atoms with Crippen molar-refractivity contribution in [1.29, 1.82) is 0 Å². The molecule has 1 aliphatic rings. The van der Waals surface area contributed by atoms with Crippen molar-refractivity contribution in [1.82, 2.24) is 4.90 Å². The second-order valence-electron chi connectivity index (χ2n) is 6.84. The standard InChI is InChI=1S/C16H26Cl3NO2Si2/c1-20(2)9-5-10-23(3)21-13-15-12-14(7-8-16(15)22-23)6-4-11-24(17,18)19/h7-8,12H,4-6,9-11,13H2,1-3H3. The average Bonchev–Trinajstić information content (AvgIpc) is 2.45. The number of fused-ring (bicyclic) bond motifs is 1. The Labute approximate surface area is 161 Å². The van der Waals surface area contributed by atoms with Crippen molar-refractivity contribution in [3.05, 3.63) is 29.3 Å². The van der Waals surface area contributed by atoms with Gasteiger partial charge >= 0.3 is 14.6 Å². The number of halogens is 3. The molecule has 0 bridgehead atoms. The number of hydrogen-bond donors (Lipinski definition) is 0. The summed E-state index contributed by atoms with van der Waals surface area (Å²) in [5.74, 6) is 0.986. The summed E-state index contributed by atoms with van der Waals surface area (Å²) in [6.45, 7) is 3.87. The lowest BCUT2D eigenvalue weighted by molar-refractivity contribution is 0.203. The molecule has 0 aromatic heterocycles. The van der Waals surface area contributed by atoms with Crippen LogP contribution in [0.25, 0.3) is 0 Å². The lowest BCUT2D eigenvalue weighted by Crippen LogP contribution is -2.45. The fraction of sp³-hybridized carbons (Fsp3) is 0.625. The van der Waals surface area contributed by atoms with Crippen LogP contribution in [0.15, 0.2) is 18.2 Å². The summed E-state index contributed by atoms with van der Waals surface area (Å²) in [6.07, 6.45) is 2.93. The maximum Gasteiger partial charge on any atom is 0.395 e. The molecule has 136 valence electrons. The molecular formula is C16H26Cl3NO2Si2. The molecule has 1 heterocycles. The van der Waals surface area contributed by atoms with Gasteiger partial charge in [-0.25, -0.2) is 0 Å². The van der Waals surface area contributed by atoms with Gasteiger partial charge in [0.05, 0.1) is 6.61 Å². The number of rotatable bonds is 8. The third kappa shape index (κ3) is 6.86. The summed E-state index contributed by atoms with van der Waals surface area (Å²) in [5.41, 5.74) is 2.39. The largest absolute Gasteiger partial charge is 0.520 e. The molecule has 8 heteroatoms. The Morgan fingerprint density at radius 2 is 1.96 bits per heavy atom. The zero-order valence-corrected chi connectivity index (χ0v) is 18.8. The van der Waals surface area contributed by atoms with Crippen molar-refractivity contribution in [3.8, 4) is 5.75 Å². The van der Waals surface area contributed by atoms with Gasteiger partial charge in [-0.2, -0.15) is 0 Å². The van der Waals surface area contributed by atoms with Crippen LogP contribution in [0.4, 0.5) is 0 Å². The van der Waals surface area contributed by atoms with Gasteiger partial charge in [0.2, 0.25) is 0 Å². The molecule has 0 saturated heterocycles. The van der Waals surface area contributed by atoms with Gasteiger partial charge in [-0.15, -0.1) is 33.2 Å². The van der Waals surface area contributed by atoms with Crippen LogP contribution < -0.4 is 4.43 Å². The minimum absolute atomic E-state index is 0.646. The minimum Gasteiger partial charge on any atom is -0.520 e. The van der Waals surface area contributed by atoms with Crippen LogP contribution >= 0.6 is 33.2 Å². The third-order valence-electron chi connectivity index (χ3n) is 4.15. The molecule has 2 rings (SSSR count). The Morgan fingerprint density at radius 3 is 2.62 bits per heavy atom. The Balaban J connectivity index is 1.91. The van der Waals surface area contributed by atoms with Gasteiger partial charge in [0.1, 0.15) is 5.75 Å². The molecule has 1 atom stereocenters. The molecule has 0 aliphatic carbocycles. The highest BCUT2D eigenvalue weighted by Gasteiger charge is 2.37. The molecule has 1 aliphatic heterocycles. The number of benzene rings is 1. The predicted molar refractivity (Wildman–Crippen MR) is 108 cm³/mol. The minimum atomic E-state index is -2.51. The van der Waals surface area contributed by atoms with E-state index >= 15 is 0 Å². The van der Waals surface area contributed by atoms with E-state index in [1.807, 2.05) is 0 Å². The van der Waals surface area contributed by atoms with Gasteiger partial charge in [0.25, 0.3) is 0 Å². The first-order valence-corrected chi connectivity index (χ1v) is 16.1. The molecule has 0 N–H and O–H groups in total. The lowest BCUT2D eigenvalue weighted by atomic mass is 10.1. The molecular weight excluding hydrogens is 401 g/mol. The number of hydrogen-bond acceptors (Lipinski definition) is 3. The molecule has 0 radical (unpaired) electrons. The zero-order valence-electron chi connectivity index (χ0n) is 14.6. The highest BCUT2D eigenvalue weighted by Crippen LogP contribution is 2.33. The monoisotopic (exact) mass is 425 g/mol. The lowest BCUT2D eigenvalue weighted by Gasteiger charge is -2.34. The van der Waals surface area contributed by atoms with E-state index in [1.54, 1.807) is 0 Å². The van der Waals surface area contributed by atoms with E-state index in [9.17, 15) is 0 Å². The van der Waals surface area contributed by atoms with Crippen molar-refractivity contribution >= 4 is 47.8 Å². The van der Waals surface area contributed by atoms with E-state index in [4.69, 9.17) is 42.1 Å². The fourth-order valence-corrected chi connectivity index (χ4v) is 6.84. The summed E-state index contributed by atoms with van der Waals surface area (Å²) in [6, 6.07) is 5.57. The second-order valence-corrected chi connectivity index (χ2v) is 19.4. The zero-order chi connectivity index (χ0) is 17.8. The van der Waals surface area contributed by atoms with Crippen LogP contribution in [-0.4, -0.2) is 40.1 Å². The first-order chi connectivity index (χ1) is 11.2. The summed E-state index contributed by atoms with van der Waals surface area (Å²) in [4.78, 5) is 2.20. The van der Waals surface area contributed by atoms with Crippen LogP contribution in [0.3, 0.4) is 0 Å². The molecule has 0 spiro atoms. The Bertz CT molecular complexity index is 555. The maximum absolute atomic E-state index is 6.26. The summed E-state index contributed by atoms with van der Waals surface area (Å²) in [7, 11) is 2.09. The van der Waals surface area contributed by atoms with Crippen molar-refractivity contribution < 1.29 is 8.85 Å². The quantitative estimate of drug-likeness (QED) is 0.421. The molecule has 24 heavy (non-hydrogen) atoms. The average molecular weight is 427 g/mol. The number of aryl methyl sites for hydroxylation is 1. The van der Waals surface area contributed by atoms with Gasteiger partial charge in [-0.1, -0.05) is 6.07 Å². The van der Waals surface area contributed by atoms with Crippen molar-refractivity contribution in [2.75, 3.05) is 20.6 Å². The Morgan fingerprint density at radius 1 is 1.21 bits per heavy atom. The number of nitrogens with zero attached hydrogens (tertiary/aromatic N) is 1. The maximum atomic E-state index is 6.26. The van der Waals surface area contributed by atoms with Gasteiger partial charge in [0, 0.05) is 11.6 Å². The molecule has 3 nitrogen and oxygen atoms in total. The summed E-state index contributed by atoms with van der Waals surface area (Å²) >= 11 is 17.8. The van der Waals surface area contributed by atoms with Crippen molar-refractivity contribution in [3.63, 3.8) is 0 Å². The topological polar surface area (TPSA) is 21.7 Å². The molecule has 0 fully saturated rings. The first kappa shape index (κ1) is 20.6. The molecule has 1 aromatic carbocycles. The van der Waals surface area contributed by atoms with Crippen LogP contribution in [0.5, 0.6) is 5.75 Å². The van der Waals surface area contributed by atoms with Gasteiger partial charge in [-0.05, 0) is 70.2 Å². The van der Waals surface area contributed by atoms with Gasteiger partial charge in [-0.3, -0.25) is 0 Å². The predicted octanol–water partition coefficient (Wildman–Crippen LogP) is 5.21. The molecule has 1 unspecified atom stereocenters. The van der Waals surface area contributed by atoms with Gasteiger partial charge in [0.15, 0.2) is 0 Å². The molecule has 1 aromatic rings. The first-order valence-electron chi connectivity index (χ1n) is 8.33. The SMILES string of the molecule is CN(C)CCC[Si]1(C)OCc2cc(CCC[Si](Cl)(Cl)Cl)ccc2O1. The molecule has 0 amide bonds. The van der Waals surface area contributed by atoms with Crippen LogP contribution in [0.1, 0.15) is 24.0 Å². The third-order valence-corrected chi connectivity index (χ3v) is 9.44. The highest BCUT2D eigenvalue weighted by molar-refractivity contribution is 7.64. The summed E-state index contributed by atoms with van der Waals surface area (Å²) in [5, 5.41) is 0. The van der Waals surface area contributed by atoms with E-state index in [-0.39, 0.29) is 0 Å².